The van der Waals surface area contributed by atoms with Crippen LogP contribution in [0, 0.1) is 5.92 Å². The van der Waals surface area contributed by atoms with Gasteiger partial charge in [-0.3, -0.25) is 23.7 Å². The number of H-pyrrole nitrogens is 1. The van der Waals surface area contributed by atoms with E-state index >= 15 is 0 Å². The van der Waals surface area contributed by atoms with Crippen LogP contribution in [-0.2, 0) is 23.4 Å². The number of carbonyl (C=O) groups excluding carboxylic acids is 1. The quantitative estimate of drug-likeness (QED) is 0.273. The van der Waals surface area contributed by atoms with Gasteiger partial charge in [-0.05, 0) is 32.9 Å². The van der Waals surface area contributed by atoms with Gasteiger partial charge >= 0.3 is 19.3 Å². The highest BCUT2D eigenvalue weighted by atomic mass is 31.2. The molecule has 1 aliphatic rings. The number of aromatic nitrogens is 2. The second-order valence-corrected chi connectivity index (χ2v) is 11.4. The van der Waals surface area contributed by atoms with Crippen LogP contribution in [-0.4, -0.2) is 68.6 Å². The summed E-state index contributed by atoms with van der Waals surface area (Å²) in [6.45, 7) is 4.64. The van der Waals surface area contributed by atoms with E-state index in [0.29, 0.717) is 0 Å². The van der Waals surface area contributed by atoms with E-state index < -0.39 is 79.8 Å². The molecule has 0 bridgehead atoms. The van der Waals surface area contributed by atoms with Gasteiger partial charge in [0.1, 0.15) is 24.6 Å². The molecular formula is C24H32FN2O10P. The van der Waals surface area contributed by atoms with E-state index in [0.717, 1.165) is 16.8 Å². The summed E-state index contributed by atoms with van der Waals surface area (Å²) in [5.74, 6) is -1.36. The lowest BCUT2D eigenvalue weighted by Crippen LogP contribution is -2.51. The maximum absolute atomic E-state index is 14.1. The molecule has 1 aromatic heterocycles. The van der Waals surface area contributed by atoms with Gasteiger partial charge in [0.2, 0.25) is 0 Å². The summed E-state index contributed by atoms with van der Waals surface area (Å²) in [6.07, 6.45) is -6.32. The number of halogens is 1. The van der Waals surface area contributed by atoms with E-state index in [1.54, 1.807) is 32.0 Å². The average Bonchev–Trinajstić information content (AvgIpc) is 3.10. The predicted molar refractivity (Wildman–Crippen MR) is 133 cm³/mol. The van der Waals surface area contributed by atoms with Crippen LogP contribution in [0.1, 0.15) is 33.9 Å². The highest BCUT2D eigenvalue weighted by Crippen LogP contribution is 2.53. The summed E-state index contributed by atoms with van der Waals surface area (Å²) in [5, 5.41) is 21.7. The van der Waals surface area contributed by atoms with Crippen LogP contribution >= 0.6 is 7.60 Å². The summed E-state index contributed by atoms with van der Waals surface area (Å²) >= 11 is 0. The summed E-state index contributed by atoms with van der Waals surface area (Å²) in [7, 11) is -4.17. The number of aliphatic hydroxyl groups is 2. The van der Waals surface area contributed by atoms with Gasteiger partial charge in [-0.1, -0.05) is 25.1 Å². The molecule has 1 unspecified atom stereocenters. The second kappa shape index (κ2) is 11.9. The molecule has 12 nitrogen and oxygen atoms in total. The number of ether oxygens (including phenoxy) is 2. The molecule has 3 N–H and O–H groups in total. The Morgan fingerprint density at radius 3 is 2.45 bits per heavy atom. The van der Waals surface area contributed by atoms with Crippen LogP contribution < -0.4 is 15.8 Å². The average molecular weight is 558 g/mol. The minimum Gasteiger partial charge on any atom is -0.463 e. The van der Waals surface area contributed by atoms with E-state index in [2.05, 4.69) is 0 Å². The van der Waals surface area contributed by atoms with Gasteiger partial charge in [-0.25, -0.2) is 13.8 Å². The Labute approximate surface area is 217 Å². The van der Waals surface area contributed by atoms with Gasteiger partial charge < -0.3 is 24.2 Å². The van der Waals surface area contributed by atoms with Crippen molar-refractivity contribution in [3.8, 4) is 5.75 Å². The molecular weight excluding hydrogens is 526 g/mol. The van der Waals surface area contributed by atoms with E-state index in [4.69, 9.17) is 18.5 Å². The lowest BCUT2D eigenvalue weighted by atomic mass is 9.93. The van der Waals surface area contributed by atoms with Crippen LogP contribution in [0.2, 0.25) is 0 Å². The number of para-hydroxylation sites is 1. The number of aromatic amines is 1. The van der Waals surface area contributed by atoms with Crippen molar-refractivity contribution in [2.24, 2.45) is 5.92 Å². The number of esters is 1. The van der Waals surface area contributed by atoms with Crippen molar-refractivity contribution in [1.82, 2.24) is 9.55 Å². The zero-order valence-corrected chi connectivity index (χ0v) is 22.2. The molecule has 1 aliphatic heterocycles. The second-order valence-electron chi connectivity index (χ2n) is 9.44. The Kier molecular flexibility index (Phi) is 9.32. The number of hydrogen-bond donors (Lipinski definition) is 3. The van der Waals surface area contributed by atoms with E-state index in [1.807, 2.05) is 4.98 Å². The van der Waals surface area contributed by atoms with Crippen molar-refractivity contribution < 1.29 is 42.5 Å². The van der Waals surface area contributed by atoms with Crippen molar-refractivity contribution in [3.63, 3.8) is 0 Å². The minimum atomic E-state index is -4.17. The lowest BCUT2D eigenvalue weighted by Gasteiger charge is -2.30. The molecule has 210 valence electrons. The molecule has 0 radical (unpaired) electrons. The Morgan fingerprint density at radius 2 is 1.87 bits per heavy atom. The zero-order valence-electron chi connectivity index (χ0n) is 21.4. The topological polar surface area (TPSA) is 166 Å². The number of aliphatic hydroxyl groups excluding tert-OH is 1. The molecule has 7 atom stereocenters. The highest BCUT2D eigenvalue weighted by molar-refractivity contribution is 7.54. The fourth-order valence-electron chi connectivity index (χ4n) is 4.02. The van der Waals surface area contributed by atoms with Crippen molar-refractivity contribution in [3.05, 3.63) is 63.4 Å². The van der Waals surface area contributed by atoms with Crippen LogP contribution in [0.4, 0.5) is 4.39 Å². The number of carbonyl (C=O) groups is 1. The Balaban J connectivity index is 1.89. The van der Waals surface area contributed by atoms with Crippen molar-refractivity contribution >= 4 is 13.6 Å². The standard InChI is InChI=1S/C24H32FN2O10P/c1-14(2)34-21(30)15(3)12-38(33,37-17-8-6-5-7-9-17)36-16(4)19-20(29)24(32,13-25)22(35-19)27-11-10-18(28)26-23(27)31/h5-11,14-16,19-20,22,29,32H,12-13H2,1-4H3,(H,26,28,31)/t15-,16+,19-,20+,22-,24?,38-/m1/s1. The van der Waals surface area contributed by atoms with Crippen LogP contribution in [0.5, 0.6) is 5.75 Å². The Morgan fingerprint density at radius 1 is 1.21 bits per heavy atom. The van der Waals surface area contributed by atoms with Gasteiger partial charge in [-0.15, -0.1) is 0 Å². The fourth-order valence-corrected chi connectivity index (χ4v) is 6.11. The third kappa shape index (κ3) is 6.59. The van der Waals surface area contributed by atoms with E-state index in [-0.39, 0.29) is 5.75 Å². The Bertz CT molecular complexity index is 1270. The number of alkyl halides is 1. The highest BCUT2D eigenvalue weighted by Gasteiger charge is 2.59. The van der Waals surface area contributed by atoms with E-state index in [9.17, 15) is 33.6 Å². The smallest absolute Gasteiger partial charge is 0.380 e. The summed E-state index contributed by atoms with van der Waals surface area (Å²) in [4.78, 5) is 38.1. The van der Waals surface area contributed by atoms with Crippen molar-refractivity contribution in [2.75, 3.05) is 12.8 Å². The van der Waals surface area contributed by atoms with Crippen LogP contribution in [0.25, 0.3) is 0 Å². The van der Waals surface area contributed by atoms with Gasteiger partial charge in [0.05, 0.1) is 24.3 Å². The molecule has 1 fully saturated rings. The van der Waals surface area contributed by atoms with Gasteiger partial charge in [0.25, 0.3) is 5.56 Å². The van der Waals surface area contributed by atoms with Crippen molar-refractivity contribution in [1.29, 1.82) is 0 Å². The number of benzene rings is 1. The number of hydrogen-bond acceptors (Lipinski definition) is 10. The molecule has 2 heterocycles. The molecule has 1 saturated heterocycles. The van der Waals surface area contributed by atoms with Crippen LogP contribution in [0.15, 0.2) is 52.2 Å². The molecule has 3 rings (SSSR count). The fraction of sp³-hybridized carbons (Fsp3) is 0.542. The van der Waals surface area contributed by atoms with Gasteiger partial charge in [-0.2, -0.15) is 0 Å². The maximum atomic E-state index is 14.1. The minimum absolute atomic E-state index is 0.179. The summed E-state index contributed by atoms with van der Waals surface area (Å²) in [6, 6.07) is 9.00. The first kappa shape index (κ1) is 29.7. The Hall–Kier alpha value is -2.83. The van der Waals surface area contributed by atoms with Gasteiger partial charge in [0.15, 0.2) is 11.8 Å². The molecule has 0 amide bonds. The maximum Gasteiger partial charge on any atom is 0.380 e. The lowest BCUT2D eigenvalue weighted by molar-refractivity contribution is -0.151. The third-order valence-corrected chi connectivity index (χ3v) is 8.02. The zero-order chi connectivity index (χ0) is 28.3. The predicted octanol–water partition coefficient (Wildman–Crippen LogP) is 1.76. The first-order chi connectivity index (χ1) is 17.8. The van der Waals surface area contributed by atoms with Crippen molar-refractivity contribution in [2.45, 2.75) is 63.9 Å². The van der Waals surface area contributed by atoms with Crippen LogP contribution in [0.3, 0.4) is 0 Å². The molecule has 0 spiro atoms. The largest absolute Gasteiger partial charge is 0.463 e. The monoisotopic (exact) mass is 558 g/mol. The third-order valence-electron chi connectivity index (χ3n) is 5.88. The SMILES string of the molecule is CC(C)OC(=O)[C@H](C)C[P@](=O)(Oc1ccccc1)O[C@@H](C)[C@H]1O[C@@H](n2ccc(=O)[nH]c2=O)C(O)(CF)[C@H]1O. The van der Waals surface area contributed by atoms with Gasteiger partial charge in [0, 0.05) is 12.3 Å². The van der Waals surface area contributed by atoms with E-state index in [1.165, 1.54) is 26.0 Å². The number of rotatable bonds is 11. The normalized spacial score (nSPS) is 26.5. The molecule has 1 aromatic carbocycles. The molecule has 38 heavy (non-hydrogen) atoms. The summed E-state index contributed by atoms with van der Waals surface area (Å²) in [5.41, 5.74) is -4.35. The number of nitrogens with one attached hydrogen (secondary N) is 1. The first-order valence-corrected chi connectivity index (χ1v) is 13.7. The molecule has 14 heteroatoms. The first-order valence-electron chi connectivity index (χ1n) is 12.0. The molecule has 2 aromatic rings. The molecule has 0 saturated carbocycles. The summed E-state index contributed by atoms with van der Waals surface area (Å²) < 4.78 is 51.0. The molecule has 0 aliphatic carbocycles. The number of nitrogens with zero attached hydrogens (tertiary/aromatic N) is 1.